The third-order valence-electron chi connectivity index (χ3n) is 3.45. The van der Waals surface area contributed by atoms with E-state index in [-0.39, 0.29) is 11.9 Å². The van der Waals surface area contributed by atoms with Crippen LogP contribution < -0.4 is 4.74 Å². The molecule has 1 amide bonds. The van der Waals surface area contributed by atoms with Gasteiger partial charge in [0.15, 0.2) is 5.75 Å². The Bertz CT molecular complexity index is 657. The number of aromatic amines is 1. The summed E-state index contributed by atoms with van der Waals surface area (Å²) >= 11 is 0. The number of esters is 1. The van der Waals surface area contributed by atoms with Crippen molar-refractivity contribution in [3.05, 3.63) is 30.0 Å². The van der Waals surface area contributed by atoms with Gasteiger partial charge in [-0.1, -0.05) is 6.92 Å². The van der Waals surface area contributed by atoms with Gasteiger partial charge in [-0.25, -0.2) is 0 Å². The first kappa shape index (κ1) is 15.1. The first-order valence-corrected chi connectivity index (χ1v) is 7.21. The molecule has 0 saturated heterocycles. The number of fused-ring (bicyclic) bond motifs is 1. The van der Waals surface area contributed by atoms with Gasteiger partial charge in [0.1, 0.15) is 0 Å². The first-order valence-electron chi connectivity index (χ1n) is 7.21. The van der Waals surface area contributed by atoms with Crippen LogP contribution in [0, 0.1) is 0 Å². The average molecular weight is 288 g/mol. The van der Waals surface area contributed by atoms with Gasteiger partial charge >= 0.3 is 5.97 Å². The lowest BCUT2D eigenvalue weighted by atomic mass is 10.1. The Balaban J connectivity index is 2.31. The van der Waals surface area contributed by atoms with Gasteiger partial charge in [0.2, 0.25) is 0 Å². The fourth-order valence-corrected chi connectivity index (χ4v) is 2.21. The van der Waals surface area contributed by atoms with E-state index >= 15 is 0 Å². The van der Waals surface area contributed by atoms with Crippen molar-refractivity contribution in [3.8, 4) is 5.75 Å². The van der Waals surface area contributed by atoms with Gasteiger partial charge in [0, 0.05) is 36.7 Å². The number of hydrogen-bond acceptors (Lipinski definition) is 3. The molecule has 0 radical (unpaired) electrons. The fourth-order valence-electron chi connectivity index (χ4n) is 2.21. The predicted molar refractivity (Wildman–Crippen MR) is 81.5 cm³/mol. The van der Waals surface area contributed by atoms with Crippen molar-refractivity contribution >= 4 is 22.8 Å². The zero-order valence-corrected chi connectivity index (χ0v) is 12.6. The minimum absolute atomic E-state index is 0.00334. The maximum absolute atomic E-state index is 12.3. The molecule has 0 saturated carbocycles. The topological polar surface area (TPSA) is 62.4 Å². The van der Waals surface area contributed by atoms with Gasteiger partial charge in [-0.2, -0.15) is 0 Å². The second-order valence-corrected chi connectivity index (χ2v) is 4.72. The number of carbonyl (C=O) groups is 2. The maximum atomic E-state index is 12.3. The van der Waals surface area contributed by atoms with Gasteiger partial charge in [-0.15, -0.1) is 0 Å². The molecule has 0 atom stereocenters. The van der Waals surface area contributed by atoms with Crippen molar-refractivity contribution in [2.75, 3.05) is 13.1 Å². The van der Waals surface area contributed by atoms with Crippen molar-refractivity contribution in [3.63, 3.8) is 0 Å². The molecule has 1 heterocycles. The lowest BCUT2D eigenvalue weighted by Gasteiger charge is -2.18. The van der Waals surface area contributed by atoms with Crippen LogP contribution in [-0.2, 0) is 4.79 Å². The zero-order chi connectivity index (χ0) is 15.4. The molecule has 0 unspecified atom stereocenters. The van der Waals surface area contributed by atoms with Crippen LogP contribution in [0.1, 0.15) is 37.6 Å². The molecule has 0 bridgehead atoms. The number of ether oxygens (including phenoxy) is 1. The number of carbonyl (C=O) groups excluding carboxylic acids is 2. The van der Waals surface area contributed by atoms with E-state index < -0.39 is 0 Å². The van der Waals surface area contributed by atoms with Crippen LogP contribution in [0.2, 0.25) is 0 Å². The highest BCUT2D eigenvalue weighted by atomic mass is 16.5. The molecular formula is C16H20N2O3. The van der Waals surface area contributed by atoms with E-state index in [9.17, 15) is 9.59 Å². The Hall–Kier alpha value is -2.30. The number of benzene rings is 1. The van der Waals surface area contributed by atoms with Crippen LogP contribution in [-0.4, -0.2) is 34.8 Å². The Morgan fingerprint density at radius 3 is 2.52 bits per heavy atom. The van der Waals surface area contributed by atoms with E-state index in [1.807, 2.05) is 13.8 Å². The second kappa shape index (κ2) is 6.43. The van der Waals surface area contributed by atoms with Gasteiger partial charge in [0.05, 0.1) is 5.52 Å². The minimum Gasteiger partial charge on any atom is -0.424 e. The van der Waals surface area contributed by atoms with E-state index in [0.717, 1.165) is 10.9 Å². The van der Waals surface area contributed by atoms with Crippen molar-refractivity contribution < 1.29 is 14.3 Å². The lowest BCUT2D eigenvalue weighted by Crippen LogP contribution is -2.30. The van der Waals surface area contributed by atoms with Crippen molar-refractivity contribution in [2.24, 2.45) is 0 Å². The summed E-state index contributed by atoms with van der Waals surface area (Å²) in [4.78, 5) is 28.5. The summed E-state index contributed by atoms with van der Waals surface area (Å²) in [5, 5.41) is 0.799. The van der Waals surface area contributed by atoms with Gasteiger partial charge in [0.25, 0.3) is 5.91 Å². The summed E-state index contributed by atoms with van der Waals surface area (Å²) in [5.74, 6) is 0.224. The molecule has 5 heteroatoms. The smallest absolute Gasteiger partial charge is 0.310 e. The first-order chi connectivity index (χ1) is 10.1. The molecule has 0 aliphatic carbocycles. The number of aromatic nitrogens is 1. The van der Waals surface area contributed by atoms with Crippen LogP contribution in [0.3, 0.4) is 0 Å². The Morgan fingerprint density at radius 1 is 1.19 bits per heavy atom. The van der Waals surface area contributed by atoms with E-state index in [1.54, 1.807) is 36.2 Å². The third kappa shape index (κ3) is 3.07. The van der Waals surface area contributed by atoms with Crippen LogP contribution in [0.4, 0.5) is 0 Å². The predicted octanol–water partition coefficient (Wildman–Crippen LogP) is 2.97. The average Bonchev–Trinajstić information content (AvgIpc) is 2.90. The normalized spacial score (nSPS) is 10.6. The molecule has 21 heavy (non-hydrogen) atoms. The summed E-state index contributed by atoms with van der Waals surface area (Å²) in [6, 6.07) is 5.36. The second-order valence-electron chi connectivity index (χ2n) is 4.72. The number of rotatable bonds is 5. The van der Waals surface area contributed by atoms with Gasteiger partial charge in [-0.05, 0) is 32.0 Å². The van der Waals surface area contributed by atoms with Crippen LogP contribution in [0.15, 0.2) is 24.4 Å². The molecule has 2 aromatic rings. The standard InChI is InChI=1S/C16H20N2O3/c1-4-15(19)21-14-10-17-13-9-11(7-8-12(13)14)16(20)18(5-2)6-3/h7-10,17H,4-6H2,1-3H3. The molecule has 0 spiro atoms. The molecule has 1 aromatic carbocycles. The Kier molecular flexibility index (Phi) is 4.62. The highest BCUT2D eigenvalue weighted by molar-refractivity contribution is 5.99. The fraction of sp³-hybridized carbons (Fsp3) is 0.375. The van der Waals surface area contributed by atoms with Crippen molar-refractivity contribution in [2.45, 2.75) is 27.2 Å². The SMILES string of the molecule is CCC(=O)Oc1c[nH]c2cc(C(=O)N(CC)CC)ccc12. The number of H-pyrrole nitrogens is 1. The van der Waals surface area contributed by atoms with Crippen LogP contribution in [0.25, 0.3) is 10.9 Å². The van der Waals surface area contributed by atoms with E-state index in [4.69, 9.17) is 4.74 Å². The van der Waals surface area contributed by atoms with Crippen LogP contribution >= 0.6 is 0 Å². The quantitative estimate of drug-likeness (QED) is 0.860. The summed E-state index contributed by atoms with van der Waals surface area (Å²) in [6.07, 6.45) is 1.97. The summed E-state index contributed by atoms with van der Waals surface area (Å²) in [5.41, 5.74) is 1.41. The van der Waals surface area contributed by atoms with Gasteiger partial charge < -0.3 is 14.6 Å². The summed E-state index contributed by atoms with van der Waals surface area (Å²) in [6.45, 7) is 7.01. The molecule has 0 aliphatic rings. The van der Waals surface area contributed by atoms with E-state index in [1.165, 1.54) is 0 Å². The Morgan fingerprint density at radius 2 is 1.90 bits per heavy atom. The molecular weight excluding hydrogens is 268 g/mol. The minimum atomic E-state index is -0.279. The molecule has 0 fully saturated rings. The molecule has 2 rings (SSSR count). The summed E-state index contributed by atoms with van der Waals surface area (Å²) in [7, 11) is 0. The zero-order valence-electron chi connectivity index (χ0n) is 12.6. The summed E-state index contributed by atoms with van der Waals surface area (Å²) < 4.78 is 5.24. The molecule has 0 aliphatic heterocycles. The number of hydrogen-bond donors (Lipinski definition) is 1. The maximum Gasteiger partial charge on any atom is 0.310 e. The van der Waals surface area contributed by atoms with Crippen molar-refractivity contribution in [1.82, 2.24) is 9.88 Å². The monoisotopic (exact) mass is 288 g/mol. The number of nitrogens with zero attached hydrogens (tertiary/aromatic N) is 1. The van der Waals surface area contributed by atoms with Crippen LogP contribution in [0.5, 0.6) is 5.75 Å². The third-order valence-corrected chi connectivity index (χ3v) is 3.45. The van der Waals surface area contributed by atoms with E-state index in [0.29, 0.717) is 30.8 Å². The highest BCUT2D eigenvalue weighted by Gasteiger charge is 2.15. The number of amides is 1. The molecule has 5 nitrogen and oxygen atoms in total. The Labute approximate surface area is 123 Å². The largest absolute Gasteiger partial charge is 0.424 e. The molecule has 1 aromatic heterocycles. The van der Waals surface area contributed by atoms with Crippen molar-refractivity contribution in [1.29, 1.82) is 0 Å². The lowest BCUT2D eigenvalue weighted by molar-refractivity contribution is -0.133. The highest BCUT2D eigenvalue weighted by Crippen LogP contribution is 2.27. The van der Waals surface area contributed by atoms with Gasteiger partial charge in [-0.3, -0.25) is 9.59 Å². The molecule has 112 valence electrons. The molecule has 1 N–H and O–H groups in total. The van der Waals surface area contributed by atoms with E-state index in [2.05, 4.69) is 4.98 Å². The number of nitrogens with one attached hydrogen (secondary N) is 1.